The van der Waals surface area contributed by atoms with Crippen molar-refractivity contribution in [1.82, 2.24) is 5.32 Å². The normalized spacial score (nSPS) is 14.9. The lowest BCUT2D eigenvalue weighted by Gasteiger charge is -2.30. The average Bonchev–Trinajstić information content (AvgIpc) is 3.07. The van der Waals surface area contributed by atoms with Crippen molar-refractivity contribution in [2.24, 2.45) is 0 Å². The van der Waals surface area contributed by atoms with Gasteiger partial charge >= 0.3 is 0 Å². The van der Waals surface area contributed by atoms with Crippen molar-refractivity contribution >= 4 is 13.7 Å². The molecule has 0 spiro atoms. The Kier molecular flexibility index (Phi) is 33.6. The molecular formula is C42H81N2O6P. The second-order valence-corrected chi connectivity index (χ2v) is 16.7. The molecule has 3 unspecified atom stereocenters. The van der Waals surface area contributed by atoms with Gasteiger partial charge < -0.3 is 28.8 Å². The molecule has 0 bridgehead atoms. The number of amides is 1. The number of aliphatic hydroxyl groups excluding tert-OH is 1. The minimum Gasteiger partial charge on any atom is -0.756 e. The summed E-state index contributed by atoms with van der Waals surface area (Å²) in [7, 11) is 1.29. The summed E-state index contributed by atoms with van der Waals surface area (Å²) in [5.41, 5.74) is 0. The topological polar surface area (TPSA) is 108 Å². The summed E-state index contributed by atoms with van der Waals surface area (Å²) < 4.78 is 23.2. The Bertz CT molecular complexity index is 933. The highest BCUT2D eigenvalue weighted by atomic mass is 31.2. The number of rotatable bonds is 37. The van der Waals surface area contributed by atoms with Crippen LogP contribution >= 0.6 is 7.82 Å². The van der Waals surface area contributed by atoms with E-state index in [-0.39, 0.29) is 19.1 Å². The van der Waals surface area contributed by atoms with Crippen LogP contribution < -0.4 is 10.2 Å². The van der Waals surface area contributed by atoms with Crippen LogP contribution in [0.1, 0.15) is 174 Å². The van der Waals surface area contributed by atoms with Gasteiger partial charge in [-0.05, 0) is 44.9 Å². The molecule has 0 aliphatic heterocycles. The predicted octanol–water partition coefficient (Wildman–Crippen LogP) is 10.5. The van der Waals surface area contributed by atoms with Crippen LogP contribution in [-0.2, 0) is 18.4 Å². The first-order chi connectivity index (χ1) is 24.5. The van der Waals surface area contributed by atoms with Gasteiger partial charge in [0.25, 0.3) is 7.82 Å². The molecule has 0 saturated carbocycles. The third kappa shape index (κ3) is 36.9. The molecule has 0 rings (SSSR count). The highest BCUT2D eigenvalue weighted by Gasteiger charge is 2.24. The number of carbonyl (C=O) groups is 1. The van der Waals surface area contributed by atoms with E-state index in [0.29, 0.717) is 23.9 Å². The van der Waals surface area contributed by atoms with Gasteiger partial charge in [0.05, 0.1) is 39.9 Å². The van der Waals surface area contributed by atoms with Gasteiger partial charge in [0.1, 0.15) is 13.2 Å². The van der Waals surface area contributed by atoms with Crippen molar-refractivity contribution in [1.29, 1.82) is 0 Å². The van der Waals surface area contributed by atoms with Crippen molar-refractivity contribution in [3.05, 3.63) is 36.5 Å². The molecule has 0 aliphatic carbocycles. The molecule has 8 nitrogen and oxygen atoms in total. The van der Waals surface area contributed by atoms with E-state index in [1.165, 1.54) is 70.6 Å². The van der Waals surface area contributed by atoms with Crippen molar-refractivity contribution < 1.29 is 32.9 Å². The molecule has 0 fully saturated rings. The van der Waals surface area contributed by atoms with Gasteiger partial charge in [-0.1, -0.05) is 159 Å². The highest BCUT2D eigenvalue weighted by Crippen LogP contribution is 2.38. The summed E-state index contributed by atoms with van der Waals surface area (Å²) in [6, 6.07) is -0.807. The number of phosphoric ester groups is 1. The Balaban J connectivity index is 4.45. The van der Waals surface area contributed by atoms with Crippen molar-refractivity contribution in [2.75, 3.05) is 40.9 Å². The zero-order valence-electron chi connectivity index (χ0n) is 33.8. The fourth-order valence-electron chi connectivity index (χ4n) is 5.82. The Morgan fingerprint density at radius 2 is 1.20 bits per heavy atom. The van der Waals surface area contributed by atoms with E-state index < -0.39 is 20.0 Å². The second-order valence-electron chi connectivity index (χ2n) is 15.3. The number of allylic oxidation sites excluding steroid dienone is 6. The summed E-state index contributed by atoms with van der Waals surface area (Å²) in [5.74, 6) is -0.184. The standard InChI is InChI=1S/C42H81N2O6P/c1-6-8-10-12-14-16-18-20-22-24-26-28-30-32-34-36-42(46)43-40(39-50-51(47,48)49-38-37-44(3,4)5)41(45)35-33-31-29-27-25-23-21-19-17-15-13-11-9-7-2/h8,10,14,16,20,22,40-41,45H,6-7,9,11-13,15,17-19,21,23-39H2,1-5H3,(H-,43,46,47,48)/b10-8-,16-14-,22-20-. The van der Waals surface area contributed by atoms with Crippen LogP contribution in [0, 0.1) is 0 Å². The molecule has 2 N–H and O–H groups in total. The largest absolute Gasteiger partial charge is 0.756 e. The minimum atomic E-state index is -4.56. The number of hydrogen-bond donors (Lipinski definition) is 2. The van der Waals surface area contributed by atoms with Crippen LogP contribution in [0.2, 0.25) is 0 Å². The first kappa shape index (κ1) is 49.7. The fraction of sp³-hybridized carbons (Fsp3) is 0.833. The lowest BCUT2D eigenvalue weighted by molar-refractivity contribution is -0.870. The molecule has 9 heteroatoms. The maximum Gasteiger partial charge on any atom is 0.268 e. The number of carbonyl (C=O) groups excluding carboxylic acids is 1. The summed E-state index contributed by atoms with van der Waals surface area (Å²) in [6.07, 6.45) is 40.0. The Labute approximate surface area is 315 Å². The van der Waals surface area contributed by atoms with Crippen LogP contribution in [0.15, 0.2) is 36.5 Å². The van der Waals surface area contributed by atoms with Gasteiger partial charge in [0, 0.05) is 6.42 Å². The lowest BCUT2D eigenvalue weighted by atomic mass is 10.0. The fourth-order valence-corrected chi connectivity index (χ4v) is 6.54. The average molecular weight is 741 g/mol. The Morgan fingerprint density at radius 3 is 1.75 bits per heavy atom. The maximum absolute atomic E-state index is 12.8. The molecule has 1 amide bonds. The molecule has 0 radical (unpaired) electrons. The number of unbranched alkanes of at least 4 members (excludes halogenated alkanes) is 18. The summed E-state index contributed by atoms with van der Waals surface area (Å²) >= 11 is 0. The summed E-state index contributed by atoms with van der Waals surface area (Å²) in [5, 5.41) is 13.9. The number of hydrogen-bond acceptors (Lipinski definition) is 6. The van der Waals surface area contributed by atoms with Crippen LogP contribution in [0.25, 0.3) is 0 Å². The maximum atomic E-state index is 12.8. The minimum absolute atomic E-state index is 0.00767. The Morgan fingerprint density at radius 1 is 0.706 bits per heavy atom. The first-order valence-corrected chi connectivity index (χ1v) is 22.3. The molecule has 300 valence electrons. The van der Waals surface area contributed by atoms with Crippen LogP contribution in [-0.4, -0.2) is 68.5 Å². The first-order valence-electron chi connectivity index (χ1n) is 20.8. The van der Waals surface area contributed by atoms with E-state index >= 15 is 0 Å². The quantitative estimate of drug-likeness (QED) is 0.0284. The number of phosphoric acid groups is 1. The van der Waals surface area contributed by atoms with Crippen molar-refractivity contribution in [3.8, 4) is 0 Å². The van der Waals surface area contributed by atoms with Gasteiger partial charge in [-0.2, -0.15) is 0 Å². The summed E-state index contributed by atoms with van der Waals surface area (Å²) in [4.78, 5) is 25.3. The van der Waals surface area contributed by atoms with E-state index in [0.717, 1.165) is 77.0 Å². The van der Waals surface area contributed by atoms with Gasteiger partial charge in [-0.15, -0.1) is 0 Å². The van der Waals surface area contributed by atoms with Crippen LogP contribution in [0.4, 0.5) is 0 Å². The number of quaternary nitrogens is 1. The van der Waals surface area contributed by atoms with Gasteiger partial charge in [0.2, 0.25) is 5.91 Å². The SMILES string of the molecule is CC/C=C\C/C=C\C/C=C\CCCCCCCC(=O)NC(COP(=O)([O-])OCC[N+](C)(C)C)C(O)CCCCCCCCCCCCCCCC. The molecule has 0 saturated heterocycles. The van der Waals surface area contributed by atoms with Gasteiger partial charge in [-0.3, -0.25) is 9.36 Å². The van der Waals surface area contributed by atoms with Crippen molar-refractivity contribution in [2.45, 2.75) is 187 Å². The molecule has 0 aromatic heterocycles. The van der Waals surface area contributed by atoms with Crippen LogP contribution in [0.5, 0.6) is 0 Å². The van der Waals surface area contributed by atoms with Gasteiger partial charge in [-0.25, -0.2) is 0 Å². The Hall–Kier alpha value is -1.28. The molecular weight excluding hydrogens is 659 g/mol. The monoisotopic (exact) mass is 741 g/mol. The highest BCUT2D eigenvalue weighted by molar-refractivity contribution is 7.45. The van der Waals surface area contributed by atoms with E-state index in [1.54, 1.807) is 0 Å². The zero-order valence-corrected chi connectivity index (χ0v) is 34.7. The molecule has 0 aromatic rings. The summed E-state index contributed by atoms with van der Waals surface area (Å²) in [6.45, 7) is 4.58. The van der Waals surface area contributed by atoms with Gasteiger partial charge in [0.15, 0.2) is 0 Å². The number of nitrogens with one attached hydrogen (secondary N) is 1. The second kappa shape index (κ2) is 34.5. The van der Waals surface area contributed by atoms with Crippen LogP contribution in [0.3, 0.4) is 0 Å². The molecule has 51 heavy (non-hydrogen) atoms. The van der Waals surface area contributed by atoms with E-state index in [1.807, 2.05) is 21.1 Å². The third-order valence-corrected chi connectivity index (χ3v) is 10.1. The van der Waals surface area contributed by atoms with E-state index in [2.05, 4.69) is 55.6 Å². The number of nitrogens with zero attached hydrogens (tertiary/aromatic N) is 1. The zero-order chi connectivity index (χ0) is 37.9. The van der Waals surface area contributed by atoms with E-state index in [9.17, 15) is 19.4 Å². The lowest BCUT2D eigenvalue weighted by Crippen LogP contribution is -2.46. The molecule has 0 aromatic carbocycles. The van der Waals surface area contributed by atoms with Crippen molar-refractivity contribution in [3.63, 3.8) is 0 Å². The third-order valence-electron chi connectivity index (χ3n) is 9.14. The smallest absolute Gasteiger partial charge is 0.268 e. The molecule has 0 aliphatic rings. The predicted molar refractivity (Wildman–Crippen MR) is 215 cm³/mol. The van der Waals surface area contributed by atoms with E-state index in [4.69, 9.17) is 9.05 Å². The molecule has 3 atom stereocenters. The molecule has 0 heterocycles. The number of likely N-dealkylation sites (N-methyl/N-ethyl adjacent to an activating group) is 1. The number of aliphatic hydroxyl groups is 1.